The van der Waals surface area contributed by atoms with Crippen molar-refractivity contribution in [2.75, 3.05) is 14.2 Å². The van der Waals surface area contributed by atoms with Gasteiger partial charge in [0.2, 0.25) is 0 Å². The number of nitrogens with zero attached hydrogens (tertiary/aromatic N) is 1. The van der Waals surface area contributed by atoms with Gasteiger partial charge in [-0.3, -0.25) is 4.79 Å². The van der Waals surface area contributed by atoms with E-state index in [1.165, 1.54) is 18.1 Å². The van der Waals surface area contributed by atoms with Crippen LogP contribution < -0.4 is 0 Å². The van der Waals surface area contributed by atoms with Crippen LogP contribution in [0.5, 0.6) is 0 Å². The van der Waals surface area contributed by atoms with E-state index in [-0.39, 0.29) is 18.3 Å². The average Bonchev–Trinajstić information content (AvgIpc) is 2.82. The topological polar surface area (TPSA) is 62.4 Å². The van der Waals surface area contributed by atoms with E-state index in [4.69, 9.17) is 4.74 Å². The molecule has 2 aromatic rings. The first-order valence-corrected chi connectivity index (χ1v) is 7.13. The second-order valence-electron chi connectivity index (χ2n) is 5.37. The zero-order valence-electron chi connectivity index (χ0n) is 13.6. The molecule has 0 spiro atoms. The number of methoxy groups -OCH3 is 1. The molecule has 6 heteroatoms. The van der Waals surface area contributed by atoms with Crippen LogP contribution in [0.25, 0.3) is 0 Å². The maximum Gasteiger partial charge on any atom is 0.339 e. The molecule has 1 aromatic heterocycles. The number of hydrogen-bond donors (Lipinski definition) is 1. The summed E-state index contributed by atoms with van der Waals surface area (Å²) in [5.41, 5.74) is 2.19. The number of halogens is 1. The van der Waals surface area contributed by atoms with Crippen molar-refractivity contribution >= 4 is 11.9 Å². The Morgan fingerprint density at radius 3 is 2.52 bits per heavy atom. The predicted molar refractivity (Wildman–Crippen MR) is 83.8 cm³/mol. The lowest BCUT2D eigenvalue weighted by Gasteiger charge is -2.17. The number of H-pyrrole nitrogens is 1. The first-order valence-electron chi connectivity index (χ1n) is 7.13. The molecule has 2 rings (SSSR count). The molecule has 0 atom stereocenters. The molecule has 122 valence electrons. The van der Waals surface area contributed by atoms with Gasteiger partial charge in [0.15, 0.2) is 0 Å². The number of aromatic nitrogens is 1. The van der Waals surface area contributed by atoms with Gasteiger partial charge >= 0.3 is 5.97 Å². The number of carbonyl (C=O) groups is 2. The summed E-state index contributed by atoms with van der Waals surface area (Å²) in [5, 5.41) is 0. The molecule has 0 unspecified atom stereocenters. The molecule has 0 saturated carbocycles. The Balaban J connectivity index is 2.27. The molecular formula is C17H19FN2O3. The van der Waals surface area contributed by atoms with Crippen LogP contribution in [0.2, 0.25) is 0 Å². The number of ether oxygens (including phenoxy) is 1. The minimum Gasteiger partial charge on any atom is -0.465 e. The van der Waals surface area contributed by atoms with Crippen LogP contribution in [0, 0.1) is 19.7 Å². The highest BCUT2D eigenvalue weighted by molar-refractivity contribution is 6.00. The summed E-state index contributed by atoms with van der Waals surface area (Å²) in [6, 6.07) is 6.30. The van der Waals surface area contributed by atoms with Crippen molar-refractivity contribution in [2.24, 2.45) is 0 Å². The largest absolute Gasteiger partial charge is 0.465 e. The van der Waals surface area contributed by atoms with Gasteiger partial charge in [0.25, 0.3) is 5.91 Å². The van der Waals surface area contributed by atoms with Crippen LogP contribution in [0.15, 0.2) is 24.3 Å². The summed E-state index contributed by atoms with van der Waals surface area (Å²) in [7, 11) is 2.88. The number of carbonyl (C=O) groups excluding carboxylic acids is 2. The fraction of sp³-hybridized carbons (Fsp3) is 0.294. The predicted octanol–water partition coefficient (Wildman–Crippen LogP) is 2.83. The fourth-order valence-electron chi connectivity index (χ4n) is 2.52. The van der Waals surface area contributed by atoms with E-state index in [0.717, 1.165) is 0 Å². The third kappa shape index (κ3) is 3.26. The van der Waals surface area contributed by atoms with Crippen molar-refractivity contribution in [3.05, 3.63) is 58.2 Å². The Labute approximate surface area is 134 Å². The zero-order chi connectivity index (χ0) is 17.1. The molecular weight excluding hydrogens is 299 g/mol. The summed E-state index contributed by atoms with van der Waals surface area (Å²) in [4.78, 5) is 28.7. The zero-order valence-corrected chi connectivity index (χ0v) is 13.6. The van der Waals surface area contributed by atoms with Gasteiger partial charge in [-0.15, -0.1) is 0 Å². The minimum absolute atomic E-state index is 0.135. The highest BCUT2D eigenvalue weighted by Gasteiger charge is 2.24. The number of amides is 1. The molecule has 0 aliphatic rings. The van der Waals surface area contributed by atoms with E-state index in [1.54, 1.807) is 39.1 Å². The number of aryl methyl sites for hydroxylation is 1. The second kappa shape index (κ2) is 6.64. The third-order valence-corrected chi connectivity index (χ3v) is 3.75. The van der Waals surface area contributed by atoms with Crippen LogP contribution in [0.1, 0.15) is 37.7 Å². The van der Waals surface area contributed by atoms with Gasteiger partial charge in [0.05, 0.1) is 12.7 Å². The monoisotopic (exact) mass is 318 g/mol. The highest BCUT2D eigenvalue weighted by Crippen LogP contribution is 2.21. The molecule has 0 bridgehead atoms. The normalized spacial score (nSPS) is 10.5. The lowest BCUT2D eigenvalue weighted by atomic mass is 10.1. The molecule has 0 aliphatic heterocycles. The Kier molecular flexibility index (Phi) is 4.83. The fourth-order valence-corrected chi connectivity index (χ4v) is 2.52. The lowest BCUT2D eigenvalue weighted by molar-refractivity contribution is 0.0599. The van der Waals surface area contributed by atoms with Crippen LogP contribution in [-0.4, -0.2) is 35.9 Å². The SMILES string of the molecule is COC(=O)c1c(C)[nH]c(C(=O)N(C)Cc2ccccc2F)c1C. The van der Waals surface area contributed by atoms with Gasteiger partial charge in [-0.1, -0.05) is 18.2 Å². The first kappa shape index (κ1) is 16.7. The van der Waals surface area contributed by atoms with Crippen molar-refractivity contribution in [3.8, 4) is 0 Å². The molecule has 1 heterocycles. The van der Waals surface area contributed by atoms with Crippen LogP contribution in [0.4, 0.5) is 4.39 Å². The maximum atomic E-state index is 13.7. The van der Waals surface area contributed by atoms with E-state index in [9.17, 15) is 14.0 Å². The Hall–Kier alpha value is -2.63. The first-order chi connectivity index (χ1) is 10.9. The van der Waals surface area contributed by atoms with Crippen LogP contribution in [-0.2, 0) is 11.3 Å². The van der Waals surface area contributed by atoms with Crippen LogP contribution in [0.3, 0.4) is 0 Å². The van der Waals surface area contributed by atoms with Gasteiger partial charge in [0.1, 0.15) is 11.5 Å². The molecule has 0 fully saturated rings. The summed E-state index contributed by atoms with van der Waals surface area (Å²) < 4.78 is 18.4. The van der Waals surface area contributed by atoms with Crippen molar-refractivity contribution in [3.63, 3.8) is 0 Å². The van der Waals surface area contributed by atoms with Gasteiger partial charge < -0.3 is 14.6 Å². The van der Waals surface area contributed by atoms with Gasteiger partial charge in [-0.2, -0.15) is 0 Å². The van der Waals surface area contributed by atoms with Crippen molar-refractivity contribution in [2.45, 2.75) is 20.4 Å². The number of esters is 1. The van der Waals surface area contributed by atoms with Gasteiger partial charge in [0, 0.05) is 24.8 Å². The Morgan fingerprint density at radius 2 is 1.91 bits per heavy atom. The summed E-state index contributed by atoms with van der Waals surface area (Å²) in [6.45, 7) is 3.52. The quantitative estimate of drug-likeness (QED) is 0.882. The van der Waals surface area contributed by atoms with E-state index >= 15 is 0 Å². The third-order valence-electron chi connectivity index (χ3n) is 3.75. The number of benzene rings is 1. The molecule has 1 amide bonds. The molecule has 5 nitrogen and oxygen atoms in total. The number of aromatic amines is 1. The van der Waals surface area contributed by atoms with Gasteiger partial charge in [-0.25, -0.2) is 9.18 Å². The summed E-state index contributed by atoms with van der Waals surface area (Å²) in [6.07, 6.45) is 0. The molecule has 1 aromatic carbocycles. The van der Waals surface area contributed by atoms with Crippen molar-refractivity contribution in [1.82, 2.24) is 9.88 Å². The maximum absolute atomic E-state index is 13.7. The van der Waals surface area contributed by atoms with E-state index in [1.807, 2.05) is 0 Å². The summed E-state index contributed by atoms with van der Waals surface area (Å²) in [5.74, 6) is -1.17. The lowest BCUT2D eigenvalue weighted by Crippen LogP contribution is -2.27. The van der Waals surface area contributed by atoms with E-state index in [2.05, 4.69) is 4.98 Å². The minimum atomic E-state index is -0.493. The van der Waals surface area contributed by atoms with Crippen LogP contribution >= 0.6 is 0 Å². The second-order valence-corrected chi connectivity index (χ2v) is 5.37. The molecule has 23 heavy (non-hydrogen) atoms. The Bertz CT molecular complexity index is 752. The molecule has 0 radical (unpaired) electrons. The van der Waals surface area contributed by atoms with Gasteiger partial charge in [-0.05, 0) is 25.5 Å². The number of hydrogen-bond acceptors (Lipinski definition) is 3. The van der Waals surface area contributed by atoms with Crippen molar-refractivity contribution < 1.29 is 18.7 Å². The smallest absolute Gasteiger partial charge is 0.339 e. The molecule has 1 N–H and O–H groups in total. The van der Waals surface area contributed by atoms with Crippen molar-refractivity contribution in [1.29, 1.82) is 0 Å². The van der Waals surface area contributed by atoms with E-state index < -0.39 is 5.97 Å². The molecule has 0 saturated heterocycles. The molecule has 0 aliphatic carbocycles. The Morgan fingerprint density at radius 1 is 1.26 bits per heavy atom. The van der Waals surface area contributed by atoms with E-state index in [0.29, 0.717) is 28.1 Å². The average molecular weight is 318 g/mol. The standard InChI is InChI=1S/C17H19FN2O3/c1-10-14(17(22)23-4)11(2)19-15(10)16(21)20(3)9-12-7-5-6-8-13(12)18/h5-8,19H,9H2,1-4H3. The summed E-state index contributed by atoms with van der Waals surface area (Å²) >= 11 is 0. The number of rotatable bonds is 4. The number of nitrogens with one attached hydrogen (secondary N) is 1. The highest BCUT2D eigenvalue weighted by atomic mass is 19.1.